The average Bonchev–Trinajstić information content (AvgIpc) is 2.16. The van der Waals surface area contributed by atoms with Crippen LogP contribution >= 0.6 is 0 Å². The Hall–Kier alpha value is -1.01. The molecule has 0 aliphatic carbocycles. The molecule has 0 saturated carbocycles. The van der Waals surface area contributed by atoms with Crippen LogP contribution in [0.4, 0.5) is 8.78 Å². The summed E-state index contributed by atoms with van der Waals surface area (Å²) in [7, 11) is -3.91. The third-order valence-corrected chi connectivity index (χ3v) is 2.74. The first-order valence-corrected chi connectivity index (χ1v) is 5.76. The Bertz CT molecular complexity index is 389. The molecule has 0 N–H and O–H groups in total. The maximum atomic E-state index is 11.7. The second kappa shape index (κ2) is 5.18. The fourth-order valence-electron chi connectivity index (χ4n) is 0.975. The van der Waals surface area contributed by atoms with Crippen LogP contribution in [-0.2, 0) is 20.1 Å². The van der Waals surface area contributed by atoms with Gasteiger partial charge in [0.2, 0.25) is 0 Å². The van der Waals surface area contributed by atoms with Crippen LogP contribution in [0.25, 0.3) is 0 Å². The molecule has 0 heterocycles. The standard InChI is InChI=1S/C9H10F2O3S/c10-9(11)6-14-15(12,13)7-8-4-2-1-3-5-8/h1-5,9H,6-7H2. The first-order valence-electron chi connectivity index (χ1n) is 4.19. The van der Waals surface area contributed by atoms with Crippen molar-refractivity contribution in [3.8, 4) is 0 Å². The molecule has 1 rings (SSSR count). The lowest BCUT2D eigenvalue weighted by atomic mass is 10.2. The Kier molecular flexibility index (Phi) is 4.16. The van der Waals surface area contributed by atoms with Crippen molar-refractivity contribution in [3.05, 3.63) is 35.9 Å². The van der Waals surface area contributed by atoms with E-state index in [1.807, 2.05) is 0 Å². The van der Waals surface area contributed by atoms with E-state index >= 15 is 0 Å². The van der Waals surface area contributed by atoms with Crippen molar-refractivity contribution in [2.24, 2.45) is 0 Å². The molecule has 1 aromatic rings. The Balaban J connectivity index is 2.57. The molecule has 0 unspecified atom stereocenters. The van der Waals surface area contributed by atoms with E-state index in [9.17, 15) is 17.2 Å². The van der Waals surface area contributed by atoms with E-state index in [1.54, 1.807) is 30.3 Å². The van der Waals surface area contributed by atoms with Gasteiger partial charge in [-0.05, 0) is 5.56 Å². The highest BCUT2D eigenvalue weighted by molar-refractivity contribution is 7.85. The number of rotatable bonds is 5. The molecular formula is C9H10F2O3S. The van der Waals surface area contributed by atoms with E-state index in [0.717, 1.165) is 0 Å². The molecule has 0 radical (unpaired) electrons. The summed E-state index contributed by atoms with van der Waals surface area (Å²) < 4.78 is 49.8. The van der Waals surface area contributed by atoms with Crippen LogP contribution in [0.2, 0.25) is 0 Å². The third-order valence-electron chi connectivity index (χ3n) is 1.56. The molecular weight excluding hydrogens is 226 g/mol. The number of hydrogen-bond acceptors (Lipinski definition) is 3. The highest BCUT2D eigenvalue weighted by Gasteiger charge is 2.15. The van der Waals surface area contributed by atoms with Gasteiger partial charge in [0.1, 0.15) is 12.4 Å². The van der Waals surface area contributed by atoms with Crippen molar-refractivity contribution in [3.63, 3.8) is 0 Å². The molecule has 6 heteroatoms. The van der Waals surface area contributed by atoms with E-state index in [4.69, 9.17) is 0 Å². The molecule has 0 aliphatic rings. The van der Waals surface area contributed by atoms with Crippen molar-refractivity contribution in [1.82, 2.24) is 0 Å². The van der Waals surface area contributed by atoms with E-state index < -0.39 is 23.2 Å². The molecule has 0 spiro atoms. The van der Waals surface area contributed by atoms with Crippen LogP contribution in [-0.4, -0.2) is 21.5 Å². The molecule has 1 aromatic carbocycles. The van der Waals surface area contributed by atoms with Gasteiger partial charge in [-0.1, -0.05) is 30.3 Å². The number of alkyl halides is 2. The van der Waals surface area contributed by atoms with Gasteiger partial charge in [-0.25, -0.2) is 8.78 Å². The largest absolute Gasteiger partial charge is 0.271 e. The van der Waals surface area contributed by atoms with Crippen LogP contribution in [0.3, 0.4) is 0 Å². The van der Waals surface area contributed by atoms with Gasteiger partial charge in [0.05, 0.1) is 0 Å². The molecule has 15 heavy (non-hydrogen) atoms. The average molecular weight is 236 g/mol. The maximum absolute atomic E-state index is 11.7. The van der Waals surface area contributed by atoms with Crippen molar-refractivity contribution < 1.29 is 21.4 Å². The highest BCUT2D eigenvalue weighted by Crippen LogP contribution is 2.08. The van der Waals surface area contributed by atoms with Crippen LogP contribution in [0.15, 0.2) is 30.3 Å². The van der Waals surface area contributed by atoms with Crippen molar-refractivity contribution >= 4 is 10.1 Å². The Morgan fingerprint density at radius 1 is 1.20 bits per heavy atom. The minimum absolute atomic E-state index is 0.388. The molecule has 0 atom stereocenters. The highest BCUT2D eigenvalue weighted by atomic mass is 32.2. The van der Waals surface area contributed by atoms with Crippen LogP contribution in [0, 0.1) is 0 Å². The first-order chi connectivity index (χ1) is 6.99. The van der Waals surface area contributed by atoms with Gasteiger partial charge in [0.25, 0.3) is 16.5 Å². The van der Waals surface area contributed by atoms with E-state index in [1.165, 1.54) is 0 Å². The minimum atomic E-state index is -3.91. The van der Waals surface area contributed by atoms with Crippen molar-refractivity contribution in [1.29, 1.82) is 0 Å². The molecule has 0 fully saturated rings. The quantitative estimate of drug-likeness (QED) is 0.732. The lowest BCUT2D eigenvalue weighted by Gasteiger charge is -2.04. The monoisotopic (exact) mass is 236 g/mol. The van der Waals surface area contributed by atoms with Gasteiger partial charge in [-0.15, -0.1) is 0 Å². The lowest BCUT2D eigenvalue weighted by molar-refractivity contribution is 0.0847. The zero-order chi connectivity index (χ0) is 11.3. The van der Waals surface area contributed by atoms with Gasteiger partial charge < -0.3 is 0 Å². The molecule has 0 bridgehead atoms. The van der Waals surface area contributed by atoms with E-state index in [2.05, 4.69) is 4.18 Å². The fraction of sp³-hybridized carbons (Fsp3) is 0.333. The van der Waals surface area contributed by atoms with Gasteiger partial charge >= 0.3 is 0 Å². The van der Waals surface area contributed by atoms with Gasteiger partial charge in [0, 0.05) is 0 Å². The van der Waals surface area contributed by atoms with E-state index in [0.29, 0.717) is 5.56 Å². The Labute approximate surface area is 86.8 Å². The zero-order valence-electron chi connectivity index (χ0n) is 7.77. The summed E-state index contributed by atoms with van der Waals surface area (Å²) >= 11 is 0. The lowest BCUT2D eigenvalue weighted by Crippen LogP contribution is -2.13. The van der Waals surface area contributed by atoms with Crippen LogP contribution in [0.5, 0.6) is 0 Å². The number of benzene rings is 1. The van der Waals surface area contributed by atoms with Gasteiger partial charge in [-0.3, -0.25) is 4.18 Å². The van der Waals surface area contributed by atoms with Crippen molar-refractivity contribution in [2.45, 2.75) is 12.2 Å². The second-order valence-electron chi connectivity index (χ2n) is 2.86. The smallest absolute Gasteiger partial charge is 0.264 e. The number of hydrogen-bond donors (Lipinski definition) is 0. The minimum Gasteiger partial charge on any atom is -0.264 e. The number of halogens is 2. The normalized spacial score (nSPS) is 11.9. The van der Waals surface area contributed by atoms with E-state index in [-0.39, 0.29) is 5.75 Å². The summed E-state index contributed by atoms with van der Waals surface area (Å²) in [5.74, 6) is -0.388. The predicted molar refractivity (Wildman–Crippen MR) is 51.0 cm³/mol. The van der Waals surface area contributed by atoms with Crippen LogP contribution < -0.4 is 0 Å². The molecule has 0 amide bonds. The summed E-state index contributed by atoms with van der Waals surface area (Å²) in [5.41, 5.74) is 0.506. The maximum Gasteiger partial charge on any atom is 0.271 e. The molecule has 3 nitrogen and oxygen atoms in total. The Morgan fingerprint density at radius 3 is 2.33 bits per heavy atom. The zero-order valence-corrected chi connectivity index (χ0v) is 8.58. The van der Waals surface area contributed by atoms with Crippen molar-refractivity contribution in [2.75, 3.05) is 6.61 Å². The summed E-state index contributed by atoms with van der Waals surface area (Å²) in [6, 6.07) is 8.23. The summed E-state index contributed by atoms with van der Waals surface area (Å²) in [6.07, 6.45) is -2.78. The summed E-state index contributed by atoms with van der Waals surface area (Å²) in [6.45, 7) is -1.09. The van der Waals surface area contributed by atoms with Gasteiger partial charge in [0.15, 0.2) is 0 Å². The molecule has 84 valence electrons. The second-order valence-corrected chi connectivity index (χ2v) is 4.50. The summed E-state index contributed by atoms with van der Waals surface area (Å²) in [4.78, 5) is 0. The third kappa shape index (κ3) is 4.85. The first kappa shape index (κ1) is 12.1. The molecule has 0 aromatic heterocycles. The summed E-state index contributed by atoms with van der Waals surface area (Å²) in [5, 5.41) is 0. The topological polar surface area (TPSA) is 43.4 Å². The van der Waals surface area contributed by atoms with Gasteiger partial charge in [-0.2, -0.15) is 8.42 Å². The molecule has 0 aliphatic heterocycles. The SMILES string of the molecule is O=S(=O)(Cc1ccccc1)OCC(F)F. The fourth-order valence-corrected chi connectivity index (χ4v) is 1.97. The predicted octanol–water partition coefficient (Wildman–Crippen LogP) is 1.80. The Morgan fingerprint density at radius 2 is 1.80 bits per heavy atom. The molecule has 0 saturated heterocycles. The van der Waals surface area contributed by atoms with Crippen LogP contribution in [0.1, 0.15) is 5.56 Å².